The molecule has 2 unspecified atom stereocenters. The predicted octanol–water partition coefficient (Wildman–Crippen LogP) is 8.41. The number of piperazine rings is 1. The number of carbonyl (C=O) groups excluding carboxylic acids is 4. The van der Waals surface area contributed by atoms with Crippen molar-refractivity contribution in [3.05, 3.63) is 106 Å². The maximum absolute atomic E-state index is 14.4. The summed E-state index contributed by atoms with van der Waals surface area (Å²) < 4.78 is 54.7. The Bertz CT molecular complexity index is 2340. The van der Waals surface area contributed by atoms with E-state index in [1.165, 1.54) is 29.9 Å². The third-order valence-corrected chi connectivity index (χ3v) is 15.0. The molecule has 8 rings (SSSR count). The summed E-state index contributed by atoms with van der Waals surface area (Å²) in [7, 11) is 1.64. The third kappa shape index (κ3) is 11.0. The molecule has 360 valence electrons. The normalized spacial score (nSPS) is 23.8. The lowest BCUT2D eigenvalue weighted by molar-refractivity contribution is -0.217. The van der Waals surface area contributed by atoms with Crippen LogP contribution in [-0.2, 0) is 32.8 Å². The molecule has 0 bridgehead atoms. The number of halogens is 3. The van der Waals surface area contributed by atoms with E-state index in [0.717, 1.165) is 74.2 Å². The highest BCUT2D eigenvalue weighted by Crippen LogP contribution is 2.45. The highest BCUT2D eigenvalue weighted by atomic mass is 19.4. The zero-order valence-electron chi connectivity index (χ0n) is 39.7. The van der Waals surface area contributed by atoms with E-state index >= 15 is 0 Å². The first-order chi connectivity index (χ1) is 31.8. The highest BCUT2D eigenvalue weighted by molar-refractivity contribution is 6.06. The maximum atomic E-state index is 14.4. The van der Waals surface area contributed by atoms with Gasteiger partial charge in [0, 0.05) is 81.9 Å². The molecule has 67 heavy (non-hydrogen) atoms. The van der Waals surface area contributed by atoms with Crippen LogP contribution in [-0.4, -0.2) is 121 Å². The highest BCUT2D eigenvalue weighted by Gasteiger charge is 2.49. The van der Waals surface area contributed by atoms with Crippen LogP contribution >= 0.6 is 0 Å². The minimum atomic E-state index is -4.34. The van der Waals surface area contributed by atoms with Gasteiger partial charge in [0.25, 0.3) is 11.8 Å². The van der Waals surface area contributed by atoms with E-state index in [9.17, 15) is 32.3 Å². The van der Waals surface area contributed by atoms with Gasteiger partial charge in [0.1, 0.15) is 11.8 Å². The van der Waals surface area contributed by atoms with Crippen molar-refractivity contribution < 1.29 is 41.8 Å². The first kappa shape index (κ1) is 48.4. The minimum absolute atomic E-state index is 0.0688. The van der Waals surface area contributed by atoms with E-state index in [1.807, 2.05) is 21.9 Å². The topological polar surface area (TPSA) is 112 Å². The number of fused-ring (bicyclic) bond motifs is 1. The number of methoxy groups -OCH3 is 1. The van der Waals surface area contributed by atoms with Crippen molar-refractivity contribution in [1.29, 1.82) is 0 Å². The summed E-state index contributed by atoms with van der Waals surface area (Å²) in [6, 6.07) is 21.0. The molecule has 3 atom stereocenters. The molecule has 0 spiro atoms. The molecule has 0 radical (unpaired) electrons. The van der Waals surface area contributed by atoms with Gasteiger partial charge in [0.05, 0.1) is 18.1 Å². The van der Waals surface area contributed by atoms with Gasteiger partial charge in [0.2, 0.25) is 11.8 Å². The molecule has 1 N–H and O–H groups in total. The molecule has 3 fully saturated rings. The van der Waals surface area contributed by atoms with Crippen LogP contribution in [0.3, 0.4) is 0 Å². The average molecular weight is 926 g/mol. The van der Waals surface area contributed by atoms with Crippen molar-refractivity contribution in [3.8, 4) is 5.75 Å². The number of nitrogens with one attached hydrogen (secondary N) is 1. The summed E-state index contributed by atoms with van der Waals surface area (Å²) >= 11 is 0. The van der Waals surface area contributed by atoms with Crippen LogP contribution in [0, 0.1) is 11.3 Å². The molecule has 4 heterocycles. The number of rotatable bonds is 14. The Morgan fingerprint density at radius 3 is 2.31 bits per heavy atom. The lowest BCUT2D eigenvalue weighted by Gasteiger charge is -2.46. The molecule has 0 aromatic heterocycles. The van der Waals surface area contributed by atoms with Crippen molar-refractivity contribution in [1.82, 2.24) is 24.9 Å². The zero-order valence-corrected chi connectivity index (χ0v) is 39.7. The molecule has 0 saturated carbocycles. The maximum Gasteiger partial charge on any atom is 0.395 e. The Morgan fingerprint density at radius 1 is 0.940 bits per heavy atom. The summed E-state index contributed by atoms with van der Waals surface area (Å²) in [5.74, 6) is 0.158. The van der Waals surface area contributed by atoms with Crippen LogP contribution in [0.2, 0.25) is 0 Å². The summed E-state index contributed by atoms with van der Waals surface area (Å²) in [6.45, 7) is 12.2. The van der Waals surface area contributed by atoms with Crippen LogP contribution in [0.1, 0.15) is 122 Å². The van der Waals surface area contributed by atoms with Gasteiger partial charge in [0.15, 0.2) is 0 Å². The standard InChI is InChI=1S/C53H66F3N5O6/c1-50(2,53(54,55)56)35-59(24-22-52(23-29-67-51(3,4)34-52)42-15-17-43(66-5)18-16-42)32-37-8-12-39(13-9-37)38-10-6-36(7-11-38)31-58-25-27-60(28-26-58)48(64)40-14-19-44-41(30-40)33-61(49(44)65)45-20-21-46(62)57-47(45)63/h8-10,12-19,30,36,45H,6-7,11,20-29,31-35H2,1-5H3,(H,57,62,63)/t36?,45?,52-/m1/s1. The second kappa shape index (κ2) is 19.5. The van der Waals surface area contributed by atoms with Crippen LogP contribution in [0.5, 0.6) is 5.75 Å². The number of piperidine rings is 1. The average Bonchev–Trinajstić information content (AvgIpc) is 3.62. The third-order valence-electron chi connectivity index (χ3n) is 15.0. The molecular weight excluding hydrogens is 860 g/mol. The summed E-state index contributed by atoms with van der Waals surface area (Å²) in [5, 5.41) is 2.33. The molecule has 1 aliphatic carbocycles. The van der Waals surface area contributed by atoms with Gasteiger partial charge in [-0.25, -0.2) is 0 Å². The number of hydrogen-bond donors (Lipinski definition) is 1. The van der Waals surface area contributed by atoms with Gasteiger partial charge in [-0.1, -0.05) is 42.5 Å². The number of carbonyl (C=O) groups is 4. The summed E-state index contributed by atoms with van der Waals surface area (Å²) in [5.41, 5.74) is 3.84. The van der Waals surface area contributed by atoms with Crippen molar-refractivity contribution in [2.75, 3.05) is 59.5 Å². The van der Waals surface area contributed by atoms with E-state index in [4.69, 9.17) is 9.47 Å². The van der Waals surface area contributed by atoms with Gasteiger partial charge < -0.3 is 19.3 Å². The van der Waals surface area contributed by atoms with Crippen molar-refractivity contribution >= 4 is 29.2 Å². The fourth-order valence-corrected chi connectivity index (χ4v) is 11.0. The number of benzene rings is 3. The molecule has 5 aliphatic rings. The number of amides is 4. The lowest BCUT2D eigenvalue weighted by Crippen LogP contribution is -2.52. The molecule has 3 saturated heterocycles. The van der Waals surface area contributed by atoms with Gasteiger partial charge >= 0.3 is 6.18 Å². The molecule has 3 aromatic carbocycles. The number of nitrogens with zero attached hydrogens (tertiary/aromatic N) is 4. The SMILES string of the molecule is COc1ccc([C@]2(CCN(Cc3ccc(C4=CCC(CN5CCN(C(=O)c6ccc7c(c6)CN(C6CCC(=O)NC6=O)C7=O)CC5)CC4)cc3)CC(C)(C)C(F)(F)F)CCOC(C)(C)C2)cc1. The van der Waals surface area contributed by atoms with Gasteiger partial charge in [-0.15, -0.1) is 0 Å². The molecule has 3 aromatic rings. The smallest absolute Gasteiger partial charge is 0.395 e. The van der Waals surface area contributed by atoms with Crippen LogP contribution in [0.25, 0.3) is 5.57 Å². The number of allylic oxidation sites excluding steroid dienone is 2. The van der Waals surface area contributed by atoms with Crippen molar-refractivity contribution in [3.63, 3.8) is 0 Å². The molecule has 11 nitrogen and oxygen atoms in total. The lowest BCUT2D eigenvalue weighted by atomic mass is 9.67. The Labute approximate surface area is 393 Å². The quantitative estimate of drug-likeness (QED) is 0.161. The Hall–Kier alpha value is -5.05. The Balaban J connectivity index is 0.843. The summed E-state index contributed by atoms with van der Waals surface area (Å²) in [6.07, 6.45) is 3.70. The number of ether oxygens (including phenoxy) is 2. The van der Waals surface area contributed by atoms with E-state index in [-0.39, 0.29) is 54.7 Å². The fourth-order valence-electron chi connectivity index (χ4n) is 11.0. The van der Waals surface area contributed by atoms with Gasteiger partial charge in [-0.05, 0) is 143 Å². The van der Waals surface area contributed by atoms with Crippen molar-refractivity contribution in [2.45, 2.75) is 115 Å². The fraction of sp³-hybridized carbons (Fsp3) is 0.547. The molecular formula is C53H66F3N5O6. The molecule has 4 aliphatic heterocycles. The largest absolute Gasteiger partial charge is 0.497 e. The first-order valence-corrected chi connectivity index (χ1v) is 24.0. The Morgan fingerprint density at radius 2 is 1.67 bits per heavy atom. The van der Waals surface area contributed by atoms with E-state index < -0.39 is 23.5 Å². The second-order valence-electron chi connectivity index (χ2n) is 20.8. The first-order valence-electron chi connectivity index (χ1n) is 24.0. The van der Waals surface area contributed by atoms with Crippen molar-refractivity contribution in [2.24, 2.45) is 11.3 Å². The minimum Gasteiger partial charge on any atom is -0.497 e. The van der Waals surface area contributed by atoms with Crippen LogP contribution in [0.15, 0.2) is 72.8 Å². The molecule has 14 heteroatoms. The number of imide groups is 1. The summed E-state index contributed by atoms with van der Waals surface area (Å²) in [4.78, 5) is 58.7. The predicted molar refractivity (Wildman–Crippen MR) is 250 cm³/mol. The number of hydrogen-bond acceptors (Lipinski definition) is 8. The van der Waals surface area contributed by atoms with E-state index in [1.54, 1.807) is 25.3 Å². The van der Waals surface area contributed by atoms with Crippen LogP contribution in [0.4, 0.5) is 13.2 Å². The Kier molecular flexibility index (Phi) is 14.1. The van der Waals surface area contributed by atoms with E-state index in [2.05, 4.69) is 66.5 Å². The van der Waals surface area contributed by atoms with Gasteiger partial charge in [-0.2, -0.15) is 13.2 Å². The van der Waals surface area contributed by atoms with Crippen LogP contribution < -0.4 is 10.1 Å². The zero-order chi connectivity index (χ0) is 47.7. The monoisotopic (exact) mass is 925 g/mol. The number of alkyl halides is 3. The van der Waals surface area contributed by atoms with Gasteiger partial charge in [-0.3, -0.25) is 34.3 Å². The van der Waals surface area contributed by atoms with E-state index in [0.29, 0.717) is 56.3 Å². The second-order valence-corrected chi connectivity index (χ2v) is 20.8. The molecule has 4 amide bonds.